The average Bonchev–Trinajstić information content (AvgIpc) is 2.05. The standard InChI is InChI=1S/C12H22O/c1-7-11(8-2)13-12(9(3)4)10(5)6/h7-12H,1-2H2,3-6H3. The number of hydrogen-bond acceptors (Lipinski definition) is 1. The molecule has 0 aliphatic carbocycles. The van der Waals surface area contributed by atoms with Crippen molar-refractivity contribution < 1.29 is 4.74 Å². The molecule has 0 aromatic carbocycles. The Morgan fingerprint density at radius 3 is 1.54 bits per heavy atom. The van der Waals surface area contributed by atoms with Gasteiger partial charge in [-0.3, -0.25) is 0 Å². The highest BCUT2D eigenvalue weighted by Gasteiger charge is 2.19. The highest BCUT2D eigenvalue weighted by molar-refractivity contribution is 4.94. The van der Waals surface area contributed by atoms with Gasteiger partial charge in [0.05, 0.1) is 12.2 Å². The highest BCUT2D eigenvalue weighted by atomic mass is 16.5. The largest absolute Gasteiger partial charge is 0.366 e. The van der Waals surface area contributed by atoms with Gasteiger partial charge >= 0.3 is 0 Å². The Hall–Kier alpha value is -0.560. The van der Waals surface area contributed by atoms with Gasteiger partial charge in [-0.15, -0.1) is 13.2 Å². The van der Waals surface area contributed by atoms with Crippen LogP contribution in [0, 0.1) is 11.8 Å². The van der Waals surface area contributed by atoms with Crippen LogP contribution >= 0.6 is 0 Å². The molecule has 0 bridgehead atoms. The molecule has 0 aromatic rings. The first-order valence-electron chi connectivity index (χ1n) is 4.93. The van der Waals surface area contributed by atoms with E-state index in [1.807, 2.05) is 0 Å². The summed E-state index contributed by atoms with van der Waals surface area (Å²) in [6.07, 6.45) is 3.82. The predicted octanol–water partition coefficient (Wildman–Crippen LogP) is 3.42. The number of rotatable bonds is 6. The Balaban J connectivity index is 4.23. The van der Waals surface area contributed by atoms with Gasteiger partial charge in [0, 0.05) is 0 Å². The Labute approximate surface area is 82.5 Å². The minimum Gasteiger partial charge on any atom is -0.366 e. The molecule has 1 heteroatoms. The van der Waals surface area contributed by atoms with Crippen molar-refractivity contribution in [2.24, 2.45) is 11.8 Å². The molecule has 0 unspecified atom stereocenters. The van der Waals surface area contributed by atoms with Gasteiger partial charge in [-0.25, -0.2) is 0 Å². The molecular weight excluding hydrogens is 160 g/mol. The van der Waals surface area contributed by atoms with E-state index in [2.05, 4.69) is 40.9 Å². The van der Waals surface area contributed by atoms with Crippen LogP contribution < -0.4 is 0 Å². The molecule has 13 heavy (non-hydrogen) atoms. The second kappa shape index (κ2) is 5.98. The first-order chi connectivity index (χ1) is 6.02. The van der Waals surface area contributed by atoms with Gasteiger partial charge in [0.15, 0.2) is 0 Å². The summed E-state index contributed by atoms with van der Waals surface area (Å²) in [6, 6.07) is 0. The predicted molar refractivity (Wildman–Crippen MR) is 58.7 cm³/mol. The molecule has 0 aromatic heterocycles. The number of hydrogen-bond donors (Lipinski definition) is 0. The van der Waals surface area contributed by atoms with E-state index in [1.165, 1.54) is 0 Å². The maximum Gasteiger partial charge on any atom is 0.0936 e. The van der Waals surface area contributed by atoms with Crippen molar-refractivity contribution in [1.29, 1.82) is 0 Å². The molecule has 0 N–H and O–H groups in total. The van der Waals surface area contributed by atoms with Crippen molar-refractivity contribution in [2.45, 2.75) is 39.9 Å². The average molecular weight is 182 g/mol. The van der Waals surface area contributed by atoms with E-state index in [0.29, 0.717) is 11.8 Å². The van der Waals surface area contributed by atoms with Crippen LogP contribution in [0.5, 0.6) is 0 Å². The minimum absolute atomic E-state index is 0.0187. The molecule has 0 amide bonds. The highest BCUT2D eigenvalue weighted by Crippen LogP contribution is 2.18. The van der Waals surface area contributed by atoms with Crippen molar-refractivity contribution in [2.75, 3.05) is 0 Å². The van der Waals surface area contributed by atoms with Crippen LogP contribution in [0.25, 0.3) is 0 Å². The maximum absolute atomic E-state index is 5.84. The van der Waals surface area contributed by atoms with E-state index in [4.69, 9.17) is 4.74 Å². The fourth-order valence-corrected chi connectivity index (χ4v) is 1.47. The molecule has 0 aliphatic rings. The molecule has 0 fully saturated rings. The molecule has 76 valence electrons. The Morgan fingerprint density at radius 2 is 1.31 bits per heavy atom. The summed E-state index contributed by atoms with van der Waals surface area (Å²) >= 11 is 0. The summed E-state index contributed by atoms with van der Waals surface area (Å²) in [5.41, 5.74) is 0. The van der Waals surface area contributed by atoms with Gasteiger partial charge in [0.1, 0.15) is 0 Å². The van der Waals surface area contributed by atoms with Gasteiger partial charge in [0.25, 0.3) is 0 Å². The van der Waals surface area contributed by atoms with Crippen LogP contribution in [0.15, 0.2) is 25.3 Å². The lowest BCUT2D eigenvalue weighted by Crippen LogP contribution is -2.29. The Kier molecular flexibility index (Phi) is 5.72. The summed E-state index contributed by atoms with van der Waals surface area (Å²) in [6.45, 7) is 16.1. The second-order valence-electron chi connectivity index (χ2n) is 4.02. The molecule has 0 rings (SSSR count). The van der Waals surface area contributed by atoms with Crippen molar-refractivity contribution >= 4 is 0 Å². The molecular formula is C12H22O. The molecule has 0 atom stereocenters. The zero-order valence-corrected chi connectivity index (χ0v) is 9.29. The van der Waals surface area contributed by atoms with Crippen molar-refractivity contribution in [1.82, 2.24) is 0 Å². The third kappa shape index (κ3) is 4.28. The van der Waals surface area contributed by atoms with Gasteiger partial charge in [-0.2, -0.15) is 0 Å². The molecule has 1 nitrogen and oxygen atoms in total. The normalized spacial score (nSPS) is 11.7. The van der Waals surface area contributed by atoms with Crippen molar-refractivity contribution in [3.8, 4) is 0 Å². The van der Waals surface area contributed by atoms with E-state index in [1.54, 1.807) is 12.2 Å². The van der Waals surface area contributed by atoms with Crippen molar-refractivity contribution in [3.63, 3.8) is 0 Å². The summed E-state index contributed by atoms with van der Waals surface area (Å²) in [7, 11) is 0. The lowest BCUT2D eigenvalue weighted by molar-refractivity contribution is -0.0212. The van der Waals surface area contributed by atoms with Gasteiger partial charge < -0.3 is 4.74 Å². The molecule has 0 radical (unpaired) electrons. The quantitative estimate of drug-likeness (QED) is 0.572. The molecule has 0 saturated heterocycles. The van der Waals surface area contributed by atoms with E-state index < -0.39 is 0 Å². The van der Waals surface area contributed by atoms with E-state index in [0.717, 1.165) is 0 Å². The Morgan fingerprint density at radius 1 is 0.923 bits per heavy atom. The zero-order chi connectivity index (χ0) is 10.4. The van der Waals surface area contributed by atoms with Gasteiger partial charge in [-0.05, 0) is 11.8 Å². The topological polar surface area (TPSA) is 9.23 Å². The van der Waals surface area contributed by atoms with Crippen LogP contribution in [0.3, 0.4) is 0 Å². The lowest BCUT2D eigenvalue weighted by Gasteiger charge is -2.27. The zero-order valence-electron chi connectivity index (χ0n) is 9.29. The SMILES string of the molecule is C=CC(C=C)OC(C(C)C)C(C)C. The summed E-state index contributed by atoms with van der Waals surface area (Å²) in [4.78, 5) is 0. The summed E-state index contributed by atoms with van der Waals surface area (Å²) in [5, 5.41) is 0. The van der Waals surface area contributed by atoms with Crippen LogP contribution in [-0.2, 0) is 4.74 Å². The van der Waals surface area contributed by atoms with Crippen LogP contribution in [0.4, 0.5) is 0 Å². The first-order valence-corrected chi connectivity index (χ1v) is 4.93. The van der Waals surface area contributed by atoms with Gasteiger partial charge in [-0.1, -0.05) is 39.8 Å². The van der Waals surface area contributed by atoms with E-state index >= 15 is 0 Å². The second-order valence-corrected chi connectivity index (χ2v) is 4.02. The molecule has 0 saturated carbocycles. The monoisotopic (exact) mass is 182 g/mol. The fourth-order valence-electron chi connectivity index (χ4n) is 1.47. The Bertz CT molecular complexity index is 143. The third-order valence-electron chi connectivity index (χ3n) is 2.09. The van der Waals surface area contributed by atoms with Crippen LogP contribution in [-0.4, -0.2) is 12.2 Å². The molecule has 0 spiro atoms. The lowest BCUT2D eigenvalue weighted by atomic mass is 9.96. The summed E-state index contributed by atoms with van der Waals surface area (Å²) < 4.78 is 5.84. The first kappa shape index (κ1) is 12.4. The summed E-state index contributed by atoms with van der Waals surface area (Å²) in [5.74, 6) is 1.06. The van der Waals surface area contributed by atoms with Crippen LogP contribution in [0.2, 0.25) is 0 Å². The maximum atomic E-state index is 5.84. The van der Waals surface area contributed by atoms with Crippen molar-refractivity contribution in [3.05, 3.63) is 25.3 Å². The molecule has 0 aliphatic heterocycles. The smallest absolute Gasteiger partial charge is 0.0936 e. The fraction of sp³-hybridized carbons (Fsp3) is 0.667. The minimum atomic E-state index is -0.0187. The van der Waals surface area contributed by atoms with Gasteiger partial charge in [0.2, 0.25) is 0 Å². The van der Waals surface area contributed by atoms with E-state index in [-0.39, 0.29) is 12.2 Å². The molecule has 0 heterocycles. The van der Waals surface area contributed by atoms with Crippen LogP contribution in [0.1, 0.15) is 27.7 Å². The third-order valence-corrected chi connectivity index (χ3v) is 2.09. The van der Waals surface area contributed by atoms with E-state index in [9.17, 15) is 0 Å². The number of ether oxygens (including phenoxy) is 1.